The highest BCUT2D eigenvalue weighted by Crippen LogP contribution is 2.26. The Kier molecular flexibility index (Phi) is 9.07. The summed E-state index contributed by atoms with van der Waals surface area (Å²) in [4.78, 5) is 43.8. The Morgan fingerprint density at radius 2 is 1.80 bits per heavy atom. The van der Waals surface area contributed by atoms with Crippen LogP contribution in [0, 0.1) is 0 Å². The first kappa shape index (κ1) is 25.6. The molecule has 2 amide bonds. The molecular formula is C23H20F2N4O5S. The van der Waals surface area contributed by atoms with Gasteiger partial charge in [0.15, 0.2) is 6.61 Å². The molecule has 2 heterocycles. The minimum absolute atomic E-state index is 0.0186. The quantitative estimate of drug-likeness (QED) is 0.314. The molecule has 0 spiro atoms. The number of ether oxygens (including phenoxy) is 2. The van der Waals surface area contributed by atoms with E-state index in [4.69, 9.17) is 0 Å². The predicted octanol–water partition coefficient (Wildman–Crippen LogP) is 4.12. The highest BCUT2D eigenvalue weighted by atomic mass is 32.2. The molecule has 0 atom stereocenters. The number of nitrogens with one attached hydrogen (secondary N) is 2. The number of aromatic nitrogens is 2. The molecule has 0 aliphatic carbocycles. The summed E-state index contributed by atoms with van der Waals surface area (Å²) in [7, 11) is 0. The topological polar surface area (TPSA) is 120 Å². The standard InChI is InChI=1S/C23H20F2N4O5S/c1-14(30)33-12-20(31)29-19-11-15(8-10-26-19)13-35-22-18(3-2-9-27-22)21(32)28-16-4-6-17(7-5-16)34-23(24)25/h2-11,23H,12-13H2,1H3,(H,28,32)(H,26,29,31). The number of rotatable bonds is 10. The van der Waals surface area contributed by atoms with E-state index in [-0.39, 0.29) is 5.75 Å². The number of alkyl halides is 2. The Hall–Kier alpha value is -4.06. The fourth-order valence-electron chi connectivity index (χ4n) is 2.73. The van der Waals surface area contributed by atoms with Gasteiger partial charge in [-0.2, -0.15) is 8.78 Å². The highest BCUT2D eigenvalue weighted by molar-refractivity contribution is 7.98. The fourth-order valence-corrected chi connectivity index (χ4v) is 3.66. The number of hydrogen-bond acceptors (Lipinski definition) is 8. The number of thioether (sulfide) groups is 1. The third kappa shape index (κ3) is 8.34. The minimum atomic E-state index is -2.93. The molecule has 2 N–H and O–H groups in total. The molecule has 0 bridgehead atoms. The van der Waals surface area contributed by atoms with Crippen molar-refractivity contribution in [2.75, 3.05) is 17.2 Å². The number of carbonyl (C=O) groups is 3. The zero-order chi connectivity index (χ0) is 25.2. The summed E-state index contributed by atoms with van der Waals surface area (Å²) in [5.41, 5.74) is 1.54. The van der Waals surface area contributed by atoms with Gasteiger partial charge in [0, 0.05) is 30.8 Å². The van der Waals surface area contributed by atoms with Gasteiger partial charge >= 0.3 is 12.6 Å². The lowest BCUT2D eigenvalue weighted by Gasteiger charge is -2.10. The first-order chi connectivity index (χ1) is 16.8. The van der Waals surface area contributed by atoms with E-state index >= 15 is 0 Å². The lowest BCUT2D eigenvalue weighted by Crippen LogP contribution is -2.20. The molecule has 0 radical (unpaired) electrons. The zero-order valence-electron chi connectivity index (χ0n) is 18.4. The number of nitrogens with zero attached hydrogens (tertiary/aromatic N) is 2. The molecule has 1 aromatic carbocycles. The number of carbonyl (C=O) groups excluding carboxylic acids is 3. The Bertz CT molecular complexity index is 1190. The summed E-state index contributed by atoms with van der Waals surface area (Å²) in [6.45, 7) is -2.14. The van der Waals surface area contributed by atoms with Crippen molar-refractivity contribution in [1.82, 2.24) is 9.97 Å². The molecule has 0 fully saturated rings. The third-order valence-corrected chi connectivity index (χ3v) is 5.30. The van der Waals surface area contributed by atoms with Crippen molar-refractivity contribution in [1.29, 1.82) is 0 Å². The summed E-state index contributed by atoms with van der Waals surface area (Å²) in [6, 6.07) is 12.2. The van der Waals surface area contributed by atoms with E-state index in [0.29, 0.717) is 27.8 Å². The molecule has 3 aromatic rings. The number of halogens is 2. The lowest BCUT2D eigenvalue weighted by molar-refractivity contribution is -0.144. The van der Waals surface area contributed by atoms with Gasteiger partial charge in [-0.05, 0) is 54.1 Å². The average molecular weight is 502 g/mol. The van der Waals surface area contributed by atoms with E-state index in [1.165, 1.54) is 49.1 Å². The van der Waals surface area contributed by atoms with Gasteiger partial charge in [-0.25, -0.2) is 9.97 Å². The van der Waals surface area contributed by atoms with Crippen LogP contribution in [0.25, 0.3) is 0 Å². The van der Waals surface area contributed by atoms with Crippen molar-refractivity contribution in [2.24, 2.45) is 0 Å². The van der Waals surface area contributed by atoms with Crippen molar-refractivity contribution in [3.63, 3.8) is 0 Å². The third-order valence-electron chi connectivity index (χ3n) is 4.23. The van der Waals surface area contributed by atoms with E-state index in [0.717, 1.165) is 5.56 Å². The number of pyridine rings is 2. The molecule has 0 unspecified atom stereocenters. The van der Waals surface area contributed by atoms with E-state index in [2.05, 4.69) is 30.1 Å². The zero-order valence-corrected chi connectivity index (χ0v) is 19.2. The van der Waals surface area contributed by atoms with Crippen LogP contribution in [-0.4, -0.2) is 41.0 Å². The maximum absolute atomic E-state index is 12.8. The van der Waals surface area contributed by atoms with Crippen LogP contribution in [0.5, 0.6) is 5.75 Å². The second-order valence-electron chi connectivity index (χ2n) is 6.88. The van der Waals surface area contributed by atoms with Crippen molar-refractivity contribution < 1.29 is 32.6 Å². The van der Waals surface area contributed by atoms with Crippen LogP contribution < -0.4 is 15.4 Å². The molecule has 0 saturated carbocycles. The fraction of sp³-hybridized carbons (Fsp3) is 0.174. The van der Waals surface area contributed by atoms with Crippen LogP contribution in [0.2, 0.25) is 0 Å². The van der Waals surface area contributed by atoms with E-state index in [1.807, 2.05) is 0 Å². The van der Waals surface area contributed by atoms with Crippen molar-refractivity contribution in [3.05, 3.63) is 72.1 Å². The lowest BCUT2D eigenvalue weighted by atomic mass is 10.2. The van der Waals surface area contributed by atoms with Gasteiger partial charge in [-0.15, -0.1) is 11.8 Å². The monoisotopic (exact) mass is 502 g/mol. The van der Waals surface area contributed by atoms with Gasteiger partial charge in [-0.3, -0.25) is 14.4 Å². The number of hydrogen-bond donors (Lipinski definition) is 2. The Labute approximate surface area is 203 Å². The summed E-state index contributed by atoms with van der Waals surface area (Å²) in [5.74, 6) is -0.808. The van der Waals surface area contributed by atoms with Crippen LogP contribution in [0.3, 0.4) is 0 Å². The van der Waals surface area contributed by atoms with Crippen LogP contribution >= 0.6 is 11.8 Å². The van der Waals surface area contributed by atoms with Gasteiger partial charge in [0.05, 0.1) is 5.56 Å². The van der Waals surface area contributed by atoms with Gasteiger partial charge < -0.3 is 20.1 Å². The summed E-state index contributed by atoms with van der Waals surface area (Å²) < 4.78 is 33.5. The molecule has 35 heavy (non-hydrogen) atoms. The normalized spacial score (nSPS) is 10.5. The highest BCUT2D eigenvalue weighted by Gasteiger charge is 2.14. The molecule has 3 rings (SSSR count). The Balaban J connectivity index is 1.62. The van der Waals surface area contributed by atoms with Crippen molar-refractivity contribution >= 4 is 41.1 Å². The van der Waals surface area contributed by atoms with Crippen LogP contribution in [0.1, 0.15) is 22.8 Å². The Morgan fingerprint density at radius 1 is 1.03 bits per heavy atom. The largest absolute Gasteiger partial charge is 0.456 e. The van der Waals surface area contributed by atoms with Gasteiger partial charge in [0.2, 0.25) is 0 Å². The first-order valence-corrected chi connectivity index (χ1v) is 11.1. The van der Waals surface area contributed by atoms with E-state index in [1.54, 1.807) is 30.5 Å². The predicted molar refractivity (Wildman–Crippen MR) is 124 cm³/mol. The van der Waals surface area contributed by atoms with Crippen LogP contribution in [0.4, 0.5) is 20.3 Å². The molecule has 0 aliphatic heterocycles. The summed E-state index contributed by atoms with van der Waals surface area (Å²) >= 11 is 1.30. The second kappa shape index (κ2) is 12.4. The van der Waals surface area contributed by atoms with Gasteiger partial charge in [0.1, 0.15) is 16.6 Å². The SMILES string of the molecule is CC(=O)OCC(=O)Nc1cc(CSc2ncccc2C(=O)Nc2ccc(OC(F)F)cc2)ccn1. The number of amides is 2. The van der Waals surface area contributed by atoms with E-state index < -0.39 is 31.0 Å². The van der Waals surface area contributed by atoms with Gasteiger partial charge in [0.25, 0.3) is 11.8 Å². The molecule has 2 aromatic heterocycles. The summed E-state index contributed by atoms with van der Waals surface area (Å²) in [5, 5.41) is 5.71. The molecule has 12 heteroatoms. The maximum Gasteiger partial charge on any atom is 0.387 e. The van der Waals surface area contributed by atoms with E-state index in [9.17, 15) is 23.2 Å². The van der Waals surface area contributed by atoms with Crippen LogP contribution in [-0.2, 0) is 20.1 Å². The second-order valence-corrected chi connectivity index (χ2v) is 7.84. The number of anilines is 2. The first-order valence-electron chi connectivity index (χ1n) is 10.1. The van der Waals surface area contributed by atoms with Crippen molar-refractivity contribution in [3.8, 4) is 5.75 Å². The average Bonchev–Trinajstić information content (AvgIpc) is 2.83. The minimum Gasteiger partial charge on any atom is -0.456 e. The Morgan fingerprint density at radius 3 is 2.51 bits per heavy atom. The molecule has 9 nitrogen and oxygen atoms in total. The molecule has 182 valence electrons. The van der Waals surface area contributed by atoms with Crippen LogP contribution in [0.15, 0.2) is 66.0 Å². The van der Waals surface area contributed by atoms with Crippen molar-refractivity contribution in [2.45, 2.75) is 24.3 Å². The van der Waals surface area contributed by atoms with Gasteiger partial charge in [-0.1, -0.05) is 0 Å². The molecule has 0 saturated heterocycles. The smallest absolute Gasteiger partial charge is 0.387 e. The summed E-state index contributed by atoms with van der Waals surface area (Å²) in [6.07, 6.45) is 3.08. The molecule has 0 aliphatic rings. The number of benzene rings is 1. The maximum atomic E-state index is 12.8. The number of esters is 1. The molecular weight excluding hydrogens is 482 g/mol.